The first-order valence-electron chi connectivity index (χ1n) is 8.48. The molecule has 3 aromatic rings. The maximum Gasteiger partial charge on any atom is 0.325 e. The van der Waals surface area contributed by atoms with Crippen molar-refractivity contribution >= 4 is 49.1 Å². The van der Waals surface area contributed by atoms with Gasteiger partial charge in [0.15, 0.2) is 0 Å². The maximum absolute atomic E-state index is 12.7. The molecule has 3 rings (SSSR count). The first-order chi connectivity index (χ1) is 13.2. The third-order valence-corrected chi connectivity index (χ3v) is 6.89. The fourth-order valence-corrected chi connectivity index (χ4v) is 5.03. The highest BCUT2D eigenvalue weighted by atomic mass is 35.5. The maximum atomic E-state index is 12.7. The van der Waals surface area contributed by atoms with Crippen molar-refractivity contribution in [3.8, 4) is 0 Å². The number of benzene rings is 2. The number of rotatable bonds is 5. The Balaban J connectivity index is 2.22. The monoisotopic (exact) mass is 438 g/mol. The summed E-state index contributed by atoms with van der Waals surface area (Å²) in [6.07, 6.45) is 0. The number of hydrogen-bond donors (Lipinski definition) is 0. The molecule has 0 unspecified atom stereocenters. The molecule has 28 heavy (non-hydrogen) atoms. The Labute approximate surface area is 172 Å². The molecule has 0 N–H and O–H groups in total. The number of carbonyl (C=O) groups excluding carboxylic acids is 1. The van der Waals surface area contributed by atoms with Crippen LogP contribution in [0.2, 0.25) is 5.02 Å². The van der Waals surface area contributed by atoms with E-state index in [4.69, 9.17) is 16.3 Å². The largest absolute Gasteiger partial charge is 0.468 e. The van der Waals surface area contributed by atoms with Crippen molar-refractivity contribution in [3.05, 3.63) is 57.9 Å². The van der Waals surface area contributed by atoms with Crippen LogP contribution in [0.4, 0.5) is 0 Å². The Hall–Kier alpha value is -2.16. The molecule has 6 nitrogen and oxygen atoms in total. The van der Waals surface area contributed by atoms with Crippen molar-refractivity contribution < 1.29 is 17.9 Å². The van der Waals surface area contributed by atoms with Gasteiger partial charge in [-0.3, -0.25) is 4.79 Å². The minimum absolute atomic E-state index is 0.0295. The second-order valence-electron chi connectivity index (χ2n) is 6.45. The van der Waals surface area contributed by atoms with Gasteiger partial charge in [-0.15, -0.1) is 4.40 Å². The summed E-state index contributed by atoms with van der Waals surface area (Å²) in [5, 5.41) is 0.433. The Bertz CT molecular complexity index is 1190. The first-order valence-corrected chi connectivity index (χ1v) is 11.1. The molecule has 0 atom stereocenters. The quantitative estimate of drug-likeness (QED) is 0.565. The third kappa shape index (κ3) is 4.29. The van der Waals surface area contributed by atoms with Gasteiger partial charge < -0.3 is 9.30 Å². The molecule has 9 heteroatoms. The Morgan fingerprint density at radius 3 is 2.50 bits per heavy atom. The van der Waals surface area contributed by atoms with Gasteiger partial charge in [-0.1, -0.05) is 42.9 Å². The van der Waals surface area contributed by atoms with Crippen LogP contribution in [0, 0.1) is 0 Å². The number of aromatic nitrogens is 1. The number of nitrogens with zero attached hydrogens (tertiary/aromatic N) is 2. The van der Waals surface area contributed by atoms with Crippen LogP contribution in [0.25, 0.3) is 10.2 Å². The average Bonchev–Trinajstić information content (AvgIpc) is 2.97. The Kier molecular flexibility index (Phi) is 5.92. The van der Waals surface area contributed by atoms with Crippen LogP contribution in [0.15, 0.2) is 51.8 Å². The predicted molar refractivity (Wildman–Crippen MR) is 110 cm³/mol. The highest BCUT2D eigenvalue weighted by Gasteiger charge is 2.17. The molecule has 0 spiro atoms. The average molecular weight is 439 g/mol. The van der Waals surface area contributed by atoms with Crippen molar-refractivity contribution in [2.45, 2.75) is 31.2 Å². The summed E-state index contributed by atoms with van der Waals surface area (Å²) in [5.74, 6) is -0.170. The van der Waals surface area contributed by atoms with Crippen molar-refractivity contribution in [2.75, 3.05) is 7.11 Å². The Morgan fingerprint density at radius 2 is 1.89 bits per heavy atom. The zero-order chi connectivity index (χ0) is 20.5. The number of methoxy groups -OCH3 is 1. The highest BCUT2D eigenvalue weighted by molar-refractivity contribution is 7.90. The van der Waals surface area contributed by atoms with Gasteiger partial charge in [0.1, 0.15) is 6.54 Å². The van der Waals surface area contributed by atoms with Crippen LogP contribution < -0.4 is 4.80 Å². The van der Waals surface area contributed by atoms with Gasteiger partial charge in [0.25, 0.3) is 10.0 Å². The van der Waals surface area contributed by atoms with Crippen molar-refractivity contribution in [3.63, 3.8) is 0 Å². The number of halogens is 1. The number of sulfonamides is 1. The summed E-state index contributed by atoms with van der Waals surface area (Å²) >= 11 is 7.05. The van der Waals surface area contributed by atoms with E-state index < -0.39 is 16.0 Å². The van der Waals surface area contributed by atoms with E-state index in [0.29, 0.717) is 10.9 Å². The molecule has 0 bridgehead atoms. The van der Waals surface area contributed by atoms with Crippen LogP contribution in [-0.2, 0) is 26.1 Å². The normalized spacial score (nSPS) is 12.7. The molecule has 1 aromatic heterocycles. The van der Waals surface area contributed by atoms with Crippen LogP contribution in [0.1, 0.15) is 25.3 Å². The van der Waals surface area contributed by atoms with Gasteiger partial charge in [0, 0.05) is 5.02 Å². The van der Waals surface area contributed by atoms with Crippen molar-refractivity contribution in [1.29, 1.82) is 0 Å². The van der Waals surface area contributed by atoms with Crippen LogP contribution in [0.3, 0.4) is 0 Å². The molecule has 0 fully saturated rings. The van der Waals surface area contributed by atoms with E-state index >= 15 is 0 Å². The molecule has 0 radical (unpaired) electrons. The van der Waals surface area contributed by atoms with Gasteiger partial charge in [0.05, 0.1) is 22.2 Å². The highest BCUT2D eigenvalue weighted by Crippen LogP contribution is 2.24. The SMILES string of the molecule is COC(=O)Cn1c(=NS(=O)(=O)c2ccc(Cl)cc2)sc2cc(C(C)C)ccc21. The van der Waals surface area contributed by atoms with E-state index in [9.17, 15) is 13.2 Å². The van der Waals surface area contributed by atoms with Crippen LogP contribution in [-0.4, -0.2) is 26.1 Å². The first kappa shape index (κ1) is 20.6. The van der Waals surface area contributed by atoms with Gasteiger partial charge in [-0.2, -0.15) is 8.42 Å². The molecule has 0 aliphatic rings. The fraction of sp³-hybridized carbons (Fsp3) is 0.263. The molecule has 0 saturated heterocycles. The molecule has 148 valence electrons. The van der Waals surface area contributed by atoms with E-state index in [-0.39, 0.29) is 16.2 Å². The van der Waals surface area contributed by atoms with Crippen LogP contribution >= 0.6 is 22.9 Å². The third-order valence-electron chi connectivity index (χ3n) is 4.20. The molecule has 0 saturated carbocycles. The zero-order valence-corrected chi connectivity index (χ0v) is 17.9. The summed E-state index contributed by atoms with van der Waals surface area (Å²) in [7, 11) is -2.68. The number of carbonyl (C=O) groups is 1. The summed E-state index contributed by atoms with van der Waals surface area (Å²) in [4.78, 5) is 12.1. The minimum Gasteiger partial charge on any atom is -0.468 e. The summed E-state index contributed by atoms with van der Waals surface area (Å²) in [6, 6.07) is 11.6. The standard InChI is InChI=1S/C19H19ClN2O4S2/c1-12(2)13-4-9-16-17(10-13)27-19(22(16)11-18(23)26-3)21-28(24,25)15-7-5-14(20)6-8-15/h4-10,12H,11H2,1-3H3. The number of fused-ring (bicyclic) bond motifs is 1. The molecule has 2 aromatic carbocycles. The lowest BCUT2D eigenvalue weighted by atomic mass is 10.0. The molecule has 0 aliphatic heterocycles. The predicted octanol–water partition coefficient (Wildman–Crippen LogP) is 3.94. The minimum atomic E-state index is -3.97. The fourth-order valence-electron chi connectivity index (χ4n) is 2.63. The lowest BCUT2D eigenvalue weighted by molar-refractivity contribution is -0.141. The number of hydrogen-bond acceptors (Lipinski definition) is 5. The van der Waals surface area contributed by atoms with Crippen molar-refractivity contribution in [2.24, 2.45) is 4.40 Å². The number of esters is 1. The van der Waals surface area contributed by atoms with Gasteiger partial charge in [-0.05, 0) is 47.9 Å². The van der Waals surface area contributed by atoms with E-state index in [1.54, 1.807) is 4.57 Å². The van der Waals surface area contributed by atoms with E-state index in [2.05, 4.69) is 18.2 Å². The smallest absolute Gasteiger partial charge is 0.325 e. The van der Waals surface area contributed by atoms with Gasteiger partial charge in [-0.25, -0.2) is 0 Å². The van der Waals surface area contributed by atoms with Crippen LogP contribution in [0.5, 0.6) is 0 Å². The summed E-state index contributed by atoms with van der Waals surface area (Å²) in [5.41, 5.74) is 1.84. The lowest BCUT2D eigenvalue weighted by Crippen LogP contribution is -2.22. The second-order valence-corrected chi connectivity index (χ2v) is 9.50. The van der Waals surface area contributed by atoms with E-state index in [0.717, 1.165) is 15.8 Å². The zero-order valence-electron chi connectivity index (χ0n) is 15.5. The van der Waals surface area contributed by atoms with E-state index in [1.807, 2.05) is 18.2 Å². The second kappa shape index (κ2) is 8.06. The Morgan fingerprint density at radius 1 is 1.21 bits per heavy atom. The topological polar surface area (TPSA) is 77.7 Å². The van der Waals surface area contributed by atoms with E-state index in [1.165, 1.54) is 42.7 Å². The number of thiazole rings is 1. The summed E-state index contributed by atoms with van der Waals surface area (Å²) in [6.45, 7) is 4.02. The molecule has 0 aliphatic carbocycles. The number of ether oxygens (including phenoxy) is 1. The summed E-state index contributed by atoms with van der Waals surface area (Å²) < 4.78 is 36.6. The molecular formula is C19H19ClN2O4S2. The molecule has 1 heterocycles. The molecular weight excluding hydrogens is 420 g/mol. The lowest BCUT2D eigenvalue weighted by Gasteiger charge is -2.06. The van der Waals surface area contributed by atoms with Gasteiger partial charge in [0.2, 0.25) is 4.80 Å². The molecule has 0 amide bonds. The van der Waals surface area contributed by atoms with Crippen molar-refractivity contribution in [1.82, 2.24) is 4.57 Å². The van der Waals surface area contributed by atoms with Gasteiger partial charge >= 0.3 is 5.97 Å².